The molecule has 0 bridgehead atoms. The molecule has 92 valence electrons. The van der Waals surface area contributed by atoms with E-state index >= 15 is 0 Å². The predicted octanol–water partition coefficient (Wildman–Crippen LogP) is 0.728. The first-order chi connectivity index (χ1) is 8.24. The summed E-state index contributed by atoms with van der Waals surface area (Å²) in [7, 11) is 0. The molecule has 0 amide bonds. The second-order valence-corrected chi connectivity index (χ2v) is 4.79. The van der Waals surface area contributed by atoms with Gasteiger partial charge in [0.05, 0.1) is 0 Å². The number of hydrogen-bond acceptors (Lipinski definition) is 7. The number of anilines is 1. The van der Waals surface area contributed by atoms with E-state index in [0.29, 0.717) is 6.54 Å². The van der Waals surface area contributed by atoms with Crippen molar-refractivity contribution in [1.82, 2.24) is 30.4 Å². The lowest BCUT2D eigenvalue weighted by Gasteiger charge is -2.18. The number of hydrogen-bond donors (Lipinski definition) is 0. The van der Waals surface area contributed by atoms with Gasteiger partial charge in [-0.15, -0.1) is 10.2 Å². The van der Waals surface area contributed by atoms with Gasteiger partial charge in [0, 0.05) is 13.1 Å². The fourth-order valence-electron chi connectivity index (χ4n) is 1.56. The number of aryl methyl sites for hydroxylation is 1. The lowest BCUT2D eigenvalue weighted by atomic mass is 10.5. The zero-order chi connectivity index (χ0) is 12.3. The minimum atomic E-state index is 0.574. The Morgan fingerprint density at radius 1 is 1.18 bits per heavy atom. The van der Waals surface area contributed by atoms with Crippen LogP contribution in [0.25, 0.3) is 0 Å². The number of aromatic nitrogens is 6. The zero-order valence-electron chi connectivity index (χ0n) is 10.2. The Kier molecular flexibility index (Phi) is 3.62. The van der Waals surface area contributed by atoms with Gasteiger partial charge in [-0.3, -0.25) is 0 Å². The van der Waals surface area contributed by atoms with E-state index in [2.05, 4.69) is 44.5 Å². The van der Waals surface area contributed by atoms with Crippen molar-refractivity contribution in [3.63, 3.8) is 0 Å². The van der Waals surface area contributed by atoms with Crippen LogP contribution in [0.15, 0.2) is 0 Å². The molecule has 0 fully saturated rings. The van der Waals surface area contributed by atoms with Crippen LogP contribution < -0.4 is 4.90 Å². The van der Waals surface area contributed by atoms with Crippen molar-refractivity contribution in [3.8, 4) is 0 Å². The molecule has 0 N–H and O–H groups in total. The third-order valence-electron chi connectivity index (χ3n) is 2.41. The SMILES string of the molecule is CCN(CC)c1nnnn1Cc1nnc(C)s1. The summed E-state index contributed by atoms with van der Waals surface area (Å²) in [5.41, 5.74) is 0. The van der Waals surface area contributed by atoms with Gasteiger partial charge in [0.25, 0.3) is 0 Å². The van der Waals surface area contributed by atoms with Gasteiger partial charge in [-0.1, -0.05) is 16.4 Å². The molecule has 2 rings (SSSR count). The van der Waals surface area contributed by atoms with Gasteiger partial charge in [0.1, 0.15) is 16.6 Å². The second kappa shape index (κ2) is 5.17. The summed E-state index contributed by atoms with van der Waals surface area (Å²) in [6.07, 6.45) is 0. The van der Waals surface area contributed by atoms with Crippen molar-refractivity contribution < 1.29 is 0 Å². The monoisotopic (exact) mass is 253 g/mol. The molecule has 0 aromatic carbocycles. The molecule has 0 spiro atoms. The fraction of sp³-hybridized carbons (Fsp3) is 0.667. The van der Waals surface area contributed by atoms with Gasteiger partial charge in [-0.25, -0.2) is 4.68 Å². The van der Waals surface area contributed by atoms with Crippen molar-refractivity contribution in [2.45, 2.75) is 27.3 Å². The molecule has 0 aliphatic carbocycles. The maximum atomic E-state index is 4.08. The van der Waals surface area contributed by atoms with E-state index in [9.17, 15) is 0 Å². The summed E-state index contributed by atoms with van der Waals surface area (Å²) in [5.74, 6) is 0.780. The normalized spacial score (nSPS) is 10.8. The number of rotatable bonds is 5. The van der Waals surface area contributed by atoms with Crippen molar-refractivity contribution in [3.05, 3.63) is 10.0 Å². The highest BCUT2D eigenvalue weighted by atomic mass is 32.1. The molecule has 0 saturated heterocycles. The summed E-state index contributed by atoms with van der Waals surface area (Å²) >= 11 is 1.56. The number of tetrazole rings is 1. The van der Waals surface area contributed by atoms with Gasteiger partial charge in [-0.2, -0.15) is 0 Å². The Hall–Kier alpha value is -1.57. The maximum absolute atomic E-state index is 4.08. The lowest BCUT2D eigenvalue weighted by molar-refractivity contribution is 0.628. The lowest BCUT2D eigenvalue weighted by Crippen LogP contribution is -2.26. The molecular formula is C9H15N7S. The molecule has 8 heteroatoms. The van der Waals surface area contributed by atoms with E-state index in [0.717, 1.165) is 29.1 Å². The third kappa shape index (κ3) is 2.57. The van der Waals surface area contributed by atoms with Gasteiger partial charge < -0.3 is 4.90 Å². The molecule has 0 saturated carbocycles. The molecule has 17 heavy (non-hydrogen) atoms. The van der Waals surface area contributed by atoms with E-state index in [1.54, 1.807) is 16.0 Å². The van der Waals surface area contributed by atoms with Gasteiger partial charge in [-0.05, 0) is 31.2 Å². The standard InChI is InChI=1S/C9H15N7S/c1-4-15(5-2)9-12-13-14-16(9)6-8-11-10-7(3)17-8/h4-6H2,1-3H3. The summed E-state index contributed by atoms with van der Waals surface area (Å²) in [5, 5.41) is 21.7. The van der Waals surface area contributed by atoms with Gasteiger partial charge >= 0.3 is 0 Å². The summed E-state index contributed by atoms with van der Waals surface area (Å²) in [6.45, 7) is 8.43. The highest BCUT2D eigenvalue weighted by Gasteiger charge is 2.13. The Morgan fingerprint density at radius 3 is 2.53 bits per heavy atom. The predicted molar refractivity (Wildman–Crippen MR) is 65.1 cm³/mol. The largest absolute Gasteiger partial charge is 0.340 e. The average Bonchev–Trinajstić information content (AvgIpc) is 2.92. The Bertz CT molecular complexity index is 473. The topological polar surface area (TPSA) is 72.6 Å². The summed E-state index contributed by atoms with van der Waals surface area (Å²) < 4.78 is 1.76. The van der Waals surface area contributed by atoms with E-state index in [4.69, 9.17) is 0 Å². The van der Waals surface area contributed by atoms with E-state index in [-0.39, 0.29) is 0 Å². The van der Waals surface area contributed by atoms with E-state index in [1.165, 1.54) is 0 Å². The second-order valence-electron chi connectivity index (χ2n) is 3.52. The van der Waals surface area contributed by atoms with Crippen LogP contribution in [-0.2, 0) is 6.54 Å². The first kappa shape index (κ1) is 11.9. The smallest absolute Gasteiger partial charge is 0.245 e. The molecule has 0 unspecified atom stereocenters. The molecule has 2 aromatic rings. The molecule has 0 aliphatic heterocycles. The molecule has 2 heterocycles. The molecule has 2 aromatic heterocycles. The highest BCUT2D eigenvalue weighted by molar-refractivity contribution is 7.11. The minimum Gasteiger partial charge on any atom is -0.340 e. The fourth-order valence-corrected chi connectivity index (χ4v) is 2.26. The summed E-state index contributed by atoms with van der Waals surface area (Å²) in [6, 6.07) is 0. The van der Waals surface area contributed by atoms with Crippen LogP contribution in [0.1, 0.15) is 23.9 Å². The van der Waals surface area contributed by atoms with E-state index < -0.39 is 0 Å². The van der Waals surface area contributed by atoms with Crippen LogP contribution in [0.4, 0.5) is 5.95 Å². The van der Waals surface area contributed by atoms with Crippen LogP contribution >= 0.6 is 11.3 Å². The van der Waals surface area contributed by atoms with Crippen LogP contribution in [0.5, 0.6) is 0 Å². The average molecular weight is 253 g/mol. The molecular weight excluding hydrogens is 238 g/mol. The number of nitrogens with zero attached hydrogens (tertiary/aromatic N) is 7. The summed E-state index contributed by atoms with van der Waals surface area (Å²) in [4.78, 5) is 2.11. The molecule has 0 aliphatic rings. The molecule has 7 nitrogen and oxygen atoms in total. The Morgan fingerprint density at radius 2 is 1.94 bits per heavy atom. The van der Waals surface area contributed by atoms with Gasteiger partial charge in [0.15, 0.2) is 0 Å². The zero-order valence-corrected chi connectivity index (χ0v) is 11.0. The maximum Gasteiger partial charge on any atom is 0.245 e. The van der Waals surface area contributed by atoms with E-state index in [1.807, 2.05) is 6.92 Å². The van der Waals surface area contributed by atoms with Crippen molar-refractivity contribution in [2.75, 3.05) is 18.0 Å². The Labute approximate surface area is 103 Å². The van der Waals surface area contributed by atoms with Crippen LogP contribution in [0.3, 0.4) is 0 Å². The first-order valence-corrected chi connectivity index (χ1v) is 6.36. The Balaban J connectivity index is 2.19. The first-order valence-electron chi connectivity index (χ1n) is 5.54. The van der Waals surface area contributed by atoms with Crippen LogP contribution in [0.2, 0.25) is 0 Å². The van der Waals surface area contributed by atoms with Crippen molar-refractivity contribution >= 4 is 17.3 Å². The highest BCUT2D eigenvalue weighted by Crippen LogP contribution is 2.13. The molecule has 0 radical (unpaired) electrons. The molecule has 0 atom stereocenters. The van der Waals surface area contributed by atoms with Crippen molar-refractivity contribution in [1.29, 1.82) is 0 Å². The van der Waals surface area contributed by atoms with Gasteiger partial charge in [0.2, 0.25) is 5.95 Å². The minimum absolute atomic E-state index is 0.574. The quantitative estimate of drug-likeness (QED) is 0.782. The third-order valence-corrected chi connectivity index (χ3v) is 3.24. The van der Waals surface area contributed by atoms with Crippen molar-refractivity contribution in [2.24, 2.45) is 0 Å². The van der Waals surface area contributed by atoms with Crippen LogP contribution in [0, 0.1) is 6.92 Å². The van der Waals surface area contributed by atoms with Crippen LogP contribution in [-0.4, -0.2) is 43.5 Å².